The van der Waals surface area contributed by atoms with E-state index in [0.29, 0.717) is 16.8 Å². The molecule has 3 aromatic rings. The minimum atomic E-state index is -0.394. The fourth-order valence-electron chi connectivity index (χ4n) is 2.98. The second-order valence-electron chi connectivity index (χ2n) is 6.14. The van der Waals surface area contributed by atoms with Crippen LogP contribution in [0.5, 0.6) is 0 Å². The zero-order chi connectivity index (χ0) is 18.8. The van der Waals surface area contributed by atoms with Gasteiger partial charge in [-0.3, -0.25) is 24.3 Å². The molecule has 0 saturated carbocycles. The van der Waals surface area contributed by atoms with Gasteiger partial charge in [0.25, 0.3) is 17.7 Å². The Hall–Kier alpha value is -3.80. The molecule has 132 valence electrons. The van der Waals surface area contributed by atoms with Gasteiger partial charge in [0.2, 0.25) is 0 Å². The van der Waals surface area contributed by atoms with Gasteiger partial charge in [-0.15, -0.1) is 0 Å². The summed E-state index contributed by atoms with van der Waals surface area (Å²) >= 11 is 0. The van der Waals surface area contributed by atoms with E-state index in [0.717, 1.165) is 5.56 Å². The minimum absolute atomic E-state index is 0.199. The smallest absolute Gasteiger partial charge is 0.261 e. The van der Waals surface area contributed by atoms with Crippen LogP contribution in [-0.2, 0) is 6.54 Å². The van der Waals surface area contributed by atoms with Crippen molar-refractivity contribution in [3.8, 4) is 0 Å². The summed E-state index contributed by atoms with van der Waals surface area (Å²) in [5.41, 5.74) is 2.28. The summed E-state index contributed by atoms with van der Waals surface area (Å²) in [6, 6.07) is 17.3. The van der Waals surface area contributed by atoms with Gasteiger partial charge < -0.3 is 5.32 Å². The Labute approximate surface area is 155 Å². The predicted molar refractivity (Wildman–Crippen MR) is 99.3 cm³/mol. The van der Waals surface area contributed by atoms with Crippen LogP contribution in [0.1, 0.15) is 36.6 Å². The molecule has 1 aromatic heterocycles. The number of anilines is 1. The van der Waals surface area contributed by atoms with E-state index in [2.05, 4.69) is 10.3 Å². The highest BCUT2D eigenvalue weighted by Crippen LogP contribution is 2.26. The zero-order valence-corrected chi connectivity index (χ0v) is 14.3. The molecule has 0 bridgehead atoms. The quantitative estimate of drug-likeness (QED) is 0.728. The highest BCUT2D eigenvalue weighted by Gasteiger charge is 2.35. The van der Waals surface area contributed by atoms with Crippen molar-refractivity contribution >= 4 is 23.4 Å². The lowest BCUT2D eigenvalue weighted by Gasteiger charge is -2.13. The summed E-state index contributed by atoms with van der Waals surface area (Å²) in [6.07, 6.45) is 3.14. The van der Waals surface area contributed by atoms with Gasteiger partial charge in [0.1, 0.15) is 0 Å². The first-order chi connectivity index (χ1) is 13.1. The number of carbonyl (C=O) groups is 3. The molecule has 6 nitrogen and oxygen atoms in total. The van der Waals surface area contributed by atoms with E-state index in [4.69, 9.17) is 0 Å². The molecular weight excluding hydrogens is 342 g/mol. The van der Waals surface area contributed by atoms with Gasteiger partial charge in [0, 0.05) is 11.8 Å². The average molecular weight is 357 g/mol. The van der Waals surface area contributed by atoms with Crippen LogP contribution in [0.4, 0.5) is 5.69 Å². The standard InChI is InChI=1S/C21H15N3O3/c25-19(23-16-7-4-10-22-12-16)15-8-9-17-18(11-15)21(27)24(20(17)26)13-14-5-2-1-3-6-14/h1-12H,13H2,(H,23,25). The largest absolute Gasteiger partial charge is 0.321 e. The molecule has 1 aliphatic heterocycles. The number of benzene rings is 2. The van der Waals surface area contributed by atoms with Crippen molar-refractivity contribution in [1.29, 1.82) is 0 Å². The topological polar surface area (TPSA) is 79.4 Å². The molecule has 0 saturated heterocycles. The number of pyridine rings is 1. The van der Waals surface area contributed by atoms with Gasteiger partial charge in [0.05, 0.1) is 29.6 Å². The monoisotopic (exact) mass is 357 g/mol. The number of rotatable bonds is 4. The van der Waals surface area contributed by atoms with Crippen molar-refractivity contribution in [2.24, 2.45) is 0 Å². The maximum absolute atomic E-state index is 12.7. The number of aromatic nitrogens is 1. The number of imide groups is 1. The second-order valence-corrected chi connectivity index (χ2v) is 6.14. The van der Waals surface area contributed by atoms with Crippen LogP contribution in [0.25, 0.3) is 0 Å². The fourth-order valence-corrected chi connectivity index (χ4v) is 2.98. The highest BCUT2D eigenvalue weighted by molar-refractivity contribution is 6.22. The molecule has 1 N–H and O–H groups in total. The third-order valence-corrected chi connectivity index (χ3v) is 4.34. The molecule has 0 atom stereocenters. The number of hydrogen-bond donors (Lipinski definition) is 1. The Morgan fingerprint density at radius 1 is 0.926 bits per heavy atom. The molecule has 2 aromatic carbocycles. The lowest BCUT2D eigenvalue weighted by molar-refractivity contribution is 0.0642. The average Bonchev–Trinajstić information content (AvgIpc) is 2.94. The predicted octanol–water partition coefficient (Wildman–Crippen LogP) is 3.13. The summed E-state index contributed by atoms with van der Waals surface area (Å²) in [5.74, 6) is -1.11. The third kappa shape index (κ3) is 3.20. The van der Waals surface area contributed by atoms with E-state index in [1.54, 1.807) is 24.4 Å². The van der Waals surface area contributed by atoms with Crippen LogP contribution in [0.15, 0.2) is 73.1 Å². The molecule has 0 aliphatic carbocycles. The normalized spacial score (nSPS) is 12.8. The van der Waals surface area contributed by atoms with Crippen molar-refractivity contribution < 1.29 is 14.4 Å². The molecule has 0 fully saturated rings. The van der Waals surface area contributed by atoms with Crippen LogP contribution < -0.4 is 5.32 Å². The number of amides is 3. The van der Waals surface area contributed by atoms with Gasteiger partial charge in [-0.25, -0.2) is 0 Å². The number of carbonyl (C=O) groups excluding carboxylic acids is 3. The lowest BCUT2D eigenvalue weighted by Crippen LogP contribution is -2.29. The molecule has 3 amide bonds. The minimum Gasteiger partial charge on any atom is -0.321 e. The van der Waals surface area contributed by atoms with Crippen LogP contribution >= 0.6 is 0 Å². The Morgan fingerprint density at radius 2 is 1.70 bits per heavy atom. The van der Waals surface area contributed by atoms with Gasteiger partial charge in [-0.05, 0) is 35.9 Å². The summed E-state index contributed by atoms with van der Waals surface area (Å²) in [6.45, 7) is 0.199. The first kappa shape index (κ1) is 16.7. The van der Waals surface area contributed by atoms with Crippen molar-refractivity contribution in [1.82, 2.24) is 9.88 Å². The van der Waals surface area contributed by atoms with Gasteiger partial charge in [-0.2, -0.15) is 0 Å². The highest BCUT2D eigenvalue weighted by atomic mass is 16.2. The molecule has 2 heterocycles. The summed E-state index contributed by atoms with van der Waals surface area (Å²) in [4.78, 5) is 42.9. The van der Waals surface area contributed by atoms with E-state index in [-0.39, 0.29) is 23.9 Å². The zero-order valence-electron chi connectivity index (χ0n) is 14.3. The molecule has 6 heteroatoms. The number of nitrogens with one attached hydrogen (secondary N) is 1. The van der Waals surface area contributed by atoms with E-state index in [1.807, 2.05) is 30.3 Å². The van der Waals surface area contributed by atoms with Crippen LogP contribution in [0.2, 0.25) is 0 Å². The Balaban J connectivity index is 1.58. The Morgan fingerprint density at radius 3 is 2.44 bits per heavy atom. The fraction of sp³-hybridized carbons (Fsp3) is 0.0476. The lowest BCUT2D eigenvalue weighted by atomic mass is 10.1. The summed E-state index contributed by atoms with van der Waals surface area (Å²) in [7, 11) is 0. The van der Waals surface area contributed by atoms with Gasteiger partial charge in [0.15, 0.2) is 0 Å². The first-order valence-electron chi connectivity index (χ1n) is 8.39. The van der Waals surface area contributed by atoms with Gasteiger partial charge >= 0.3 is 0 Å². The summed E-state index contributed by atoms with van der Waals surface area (Å²) in [5, 5.41) is 2.72. The molecule has 0 radical (unpaired) electrons. The second kappa shape index (κ2) is 6.84. The van der Waals surface area contributed by atoms with Crippen LogP contribution in [0, 0.1) is 0 Å². The molecule has 4 rings (SSSR count). The van der Waals surface area contributed by atoms with E-state index in [9.17, 15) is 14.4 Å². The van der Waals surface area contributed by atoms with Crippen LogP contribution in [0.3, 0.4) is 0 Å². The van der Waals surface area contributed by atoms with Crippen molar-refractivity contribution in [2.75, 3.05) is 5.32 Å². The van der Waals surface area contributed by atoms with Crippen molar-refractivity contribution in [3.63, 3.8) is 0 Å². The van der Waals surface area contributed by atoms with Gasteiger partial charge in [-0.1, -0.05) is 30.3 Å². The van der Waals surface area contributed by atoms with E-state index < -0.39 is 5.91 Å². The molecular formula is C21H15N3O3. The number of hydrogen-bond acceptors (Lipinski definition) is 4. The van der Waals surface area contributed by atoms with Crippen molar-refractivity contribution in [3.05, 3.63) is 95.3 Å². The molecule has 0 unspecified atom stereocenters. The molecule has 1 aliphatic rings. The number of fused-ring (bicyclic) bond motifs is 1. The Bertz CT molecular complexity index is 1030. The first-order valence-corrected chi connectivity index (χ1v) is 8.39. The molecule has 0 spiro atoms. The Kier molecular flexibility index (Phi) is 4.22. The van der Waals surface area contributed by atoms with Crippen LogP contribution in [-0.4, -0.2) is 27.6 Å². The van der Waals surface area contributed by atoms with E-state index in [1.165, 1.54) is 23.2 Å². The SMILES string of the molecule is O=C(Nc1cccnc1)c1ccc2c(c1)C(=O)N(Cc1ccccc1)C2=O. The molecule has 27 heavy (non-hydrogen) atoms. The maximum atomic E-state index is 12.7. The maximum Gasteiger partial charge on any atom is 0.261 e. The van der Waals surface area contributed by atoms with E-state index >= 15 is 0 Å². The number of nitrogens with zero attached hydrogens (tertiary/aromatic N) is 2. The third-order valence-electron chi connectivity index (χ3n) is 4.34. The summed E-state index contributed by atoms with van der Waals surface area (Å²) < 4.78 is 0. The van der Waals surface area contributed by atoms with Crippen molar-refractivity contribution in [2.45, 2.75) is 6.54 Å².